The predicted molar refractivity (Wildman–Crippen MR) is 136 cm³/mol. The highest BCUT2D eigenvalue weighted by Crippen LogP contribution is 2.51. The number of nitro groups is 2. The Kier molecular flexibility index (Phi) is 9.44. The average Bonchev–Trinajstić information content (AvgIpc) is 3.21. The van der Waals surface area contributed by atoms with Crippen molar-refractivity contribution in [3.63, 3.8) is 0 Å². The zero-order chi connectivity index (χ0) is 29.6. The van der Waals surface area contributed by atoms with Crippen LogP contribution in [0.1, 0.15) is 17.3 Å². The number of ether oxygens (including phenoxy) is 4. The van der Waals surface area contributed by atoms with Gasteiger partial charge in [0.1, 0.15) is 30.6 Å². The van der Waals surface area contributed by atoms with Gasteiger partial charge in [0.05, 0.1) is 32.9 Å². The van der Waals surface area contributed by atoms with Crippen LogP contribution in [0.5, 0.6) is 0 Å². The lowest BCUT2D eigenvalue weighted by Crippen LogP contribution is -2.61. The number of carbonyl (C=O) groups is 4. The number of nitrogens with one attached hydrogen (secondary N) is 1. The van der Waals surface area contributed by atoms with Crippen molar-refractivity contribution in [2.45, 2.75) is 18.4 Å². The molecule has 1 fully saturated rings. The van der Waals surface area contributed by atoms with Crippen molar-refractivity contribution in [3.05, 3.63) is 80.1 Å². The van der Waals surface area contributed by atoms with Crippen LogP contribution in [0, 0.1) is 26.1 Å². The van der Waals surface area contributed by atoms with Gasteiger partial charge >= 0.3 is 18.2 Å². The third-order valence-electron chi connectivity index (χ3n) is 5.39. The summed E-state index contributed by atoms with van der Waals surface area (Å²) in [4.78, 5) is 71.6. The first-order chi connectivity index (χ1) is 19.0. The lowest BCUT2D eigenvalue weighted by atomic mass is 9.93. The van der Waals surface area contributed by atoms with E-state index in [0.29, 0.717) is 6.07 Å². The maximum atomic E-state index is 13.1. The number of amides is 2. The van der Waals surface area contributed by atoms with E-state index in [1.54, 1.807) is 0 Å². The first kappa shape index (κ1) is 29.6. The van der Waals surface area contributed by atoms with E-state index in [4.69, 9.17) is 18.9 Å². The summed E-state index contributed by atoms with van der Waals surface area (Å²) in [5, 5.41) is 24.0. The van der Waals surface area contributed by atoms with Gasteiger partial charge in [-0.25, -0.2) is 14.4 Å². The standard InChI is InChI=1S/C23H22N4O12S/c1-4-6-36-22(30)24-11-16-19(39-23(31)37-7-5-2)25-18(28)17(20(25)40-16)12(3)38-21(29)13-8-14(26(32)33)10-15(9-13)27(34)35/h4-5,8-10,12,17,20H,1-2,6-7,11H2,3H3,(H,24,30)/t12-,17+,20-/m1/s1. The molecule has 2 heterocycles. The minimum Gasteiger partial charge on any atom is -0.458 e. The SMILES string of the molecule is C=CCOC(=O)NCC1=C(OC(=O)OCC=C)N2C(=O)[C@H]([C@@H](C)OC(=O)c3cc([N+](=O)[O-])cc([N+](=O)[O-])c3)[C@H]2S1. The number of hydrogen-bond acceptors (Lipinski definition) is 13. The highest BCUT2D eigenvalue weighted by molar-refractivity contribution is 8.04. The number of rotatable bonds is 12. The molecule has 3 atom stereocenters. The third kappa shape index (κ3) is 6.55. The third-order valence-corrected chi connectivity index (χ3v) is 6.74. The number of alkyl carbamates (subject to hydrolysis) is 1. The normalized spacial score (nSPS) is 18.0. The highest BCUT2D eigenvalue weighted by Gasteiger charge is 2.58. The molecule has 2 amide bonds. The average molecular weight is 579 g/mol. The fourth-order valence-electron chi connectivity index (χ4n) is 3.62. The number of nitro benzene ring substituents is 2. The van der Waals surface area contributed by atoms with E-state index in [1.807, 2.05) is 0 Å². The van der Waals surface area contributed by atoms with Gasteiger partial charge in [-0.05, 0) is 6.92 Å². The number of carbonyl (C=O) groups excluding carboxylic acids is 4. The Morgan fingerprint density at radius 1 is 1.10 bits per heavy atom. The minimum absolute atomic E-state index is 0.0544. The van der Waals surface area contributed by atoms with Crippen LogP contribution < -0.4 is 5.32 Å². The zero-order valence-electron chi connectivity index (χ0n) is 20.8. The number of hydrogen-bond donors (Lipinski definition) is 1. The second kappa shape index (κ2) is 12.7. The summed E-state index contributed by atoms with van der Waals surface area (Å²) in [5.74, 6) is -2.88. The van der Waals surface area contributed by atoms with E-state index in [0.717, 1.165) is 28.8 Å². The molecule has 0 aromatic heterocycles. The van der Waals surface area contributed by atoms with Crippen molar-refractivity contribution >= 4 is 47.3 Å². The Bertz CT molecular complexity index is 1280. The number of non-ortho nitro benzene ring substituents is 2. The molecule has 0 spiro atoms. The molecular formula is C23H22N4O12S. The second-order valence-electron chi connectivity index (χ2n) is 8.03. The molecule has 0 radical (unpaired) electrons. The lowest BCUT2D eigenvalue weighted by molar-refractivity contribution is -0.394. The van der Waals surface area contributed by atoms with Gasteiger partial charge in [0.2, 0.25) is 11.8 Å². The highest BCUT2D eigenvalue weighted by atomic mass is 32.2. The smallest absolute Gasteiger partial charge is 0.458 e. The number of esters is 1. The summed E-state index contributed by atoms with van der Waals surface area (Å²) in [5.41, 5.74) is -1.83. The molecule has 40 heavy (non-hydrogen) atoms. The summed E-state index contributed by atoms with van der Waals surface area (Å²) in [6.45, 7) is 7.83. The molecule has 1 aromatic carbocycles. The van der Waals surface area contributed by atoms with E-state index in [-0.39, 0.29) is 30.5 Å². The Labute approximate surface area is 229 Å². The monoisotopic (exact) mass is 578 g/mol. The molecule has 16 nitrogen and oxygen atoms in total. The lowest BCUT2D eigenvalue weighted by Gasteiger charge is -2.44. The fraction of sp³-hybridized carbons (Fsp3) is 0.304. The van der Waals surface area contributed by atoms with Gasteiger partial charge in [-0.1, -0.05) is 37.1 Å². The molecule has 0 bridgehead atoms. The van der Waals surface area contributed by atoms with Gasteiger partial charge < -0.3 is 24.3 Å². The van der Waals surface area contributed by atoms with Gasteiger partial charge in [-0.15, -0.1) is 0 Å². The Morgan fingerprint density at radius 2 is 1.70 bits per heavy atom. The second-order valence-corrected chi connectivity index (χ2v) is 9.24. The van der Waals surface area contributed by atoms with Crippen LogP contribution in [0.4, 0.5) is 21.0 Å². The summed E-state index contributed by atoms with van der Waals surface area (Å²) in [6.07, 6.45) is -0.378. The Morgan fingerprint density at radius 3 is 2.27 bits per heavy atom. The van der Waals surface area contributed by atoms with Crippen molar-refractivity contribution in [3.8, 4) is 0 Å². The maximum Gasteiger partial charge on any atom is 0.515 e. The Balaban J connectivity index is 1.76. The van der Waals surface area contributed by atoms with Gasteiger partial charge in [0.25, 0.3) is 11.4 Å². The molecule has 3 rings (SSSR count). The molecule has 212 valence electrons. The molecule has 17 heteroatoms. The van der Waals surface area contributed by atoms with Gasteiger partial charge in [0.15, 0.2) is 0 Å². The number of fused-ring (bicyclic) bond motifs is 1. The van der Waals surface area contributed by atoms with Crippen LogP contribution in [-0.4, -0.2) is 70.1 Å². The van der Waals surface area contributed by atoms with Crippen molar-refractivity contribution < 1.29 is 48.0 Å². The molecule has 0 unspecified atom stereocenters. The van der Waals surface area contributed by atoms with Crippen molar-refractivity contribution in [1.29, 1.82) is 0 Å². The maximum absolute atomic E-state index is 13.1. The van der Waals surface area contributed by atoms with Gasteiger partial charge in [0, 0.05) is 12.1 Å². The van der Waals surface area contributed by atoms with E-state index in [2.05, 4.69) is 18.5 Å². The van der Waals surface area contributed by atoms with Crippen molar-refractivity contribution in [2.75, 3.05) is 19.8 Å². The summed E-state index contributed by atoms with van der Waals surface area (Å²) in [6, 6.07) is 2.33. The van der Waals surface area contributed by atoms with E-state index < -0.39 is 68.3 Å². The first-order valence-corrected chi connectivity index (χ1v) is 12.2. The summed E-state index contributed by atoms with van der Waals surface area (Å²) < 4.78 is 20.2. The fourth-order valence-corrected chi connectivity index (χ4v) is 5.10. The van der Waals surface area contributed by atoms with E-state index >= 15 is 0 Å². The van der Waals surface area contributed by atoms with Crippen molar-refractivity contribution in [2.24, 2.45) is 5.92 Å². The van der Waals surface area contributed by atoms with Crippen LogP contribution in [0.25, 0.3) is 0 Å². The van der Waals surface area contributed by atoms with Crippen LogP contribution in [0.2, 0.25) is 0 Å². The van der Waals surface area contributed by atoms with Crippen molar-refractivity contribution in [1.82, 2.24) is 10.2 Å². The molecule has 1 N–H and O–H groups in total. The molecular weight excluding hydrogens is 556 g/mol. The van der Waals surface area contributed by atoms with Gasteiger partial charge in [-0.3, -0.25) is 29.9 Å². The zero-order valence-corrected chi connectivity index (χ0v) is 21.6. The van der Waals surface area contributed by atoms with E-state index in [1.165, 1.54) is 19.1 Å². The summed E-state index contributed by atoms with van der Waals surface area (Å²) >= 11 is 1.05. The molecule has 0 saturated carbocycles. The minimum atomic E-state index is -1.13. The molecule has 0 aliphatic carbocycles. The van der Waals surface area contributed by atoms with Gasteiger partial charge in [-0.2, -0.15) is 0 Å². The van der Waals surface area contributed by atoms with Crippen LogP contribution in [0.3, 0.4) is 0 Å². The topological polar surface area (TPSA) is 207 Å². The van der Waals surface area contributed by atoms with Crippen LogP contribution in [0.15, 0.2) is 54.3 Å². The summed E-state index contributed by atoms with van der Waals surface area (Å²) in [7, 11) is 0. The molecule has 2 aliphatic rings. The number of benzene rings is 1. The number of thioether (sulfide) groups is 1. The molecule has 2 aliphatic heterocycles. The van der Waals surface area contributed by atoms with Crippen LogP contribution in [-0.2, 0) is 23.7 Å². The predicted octanol–water partition coefficient (Wildman–Crippen LogP) is 3.00. The van der Waals surface area contributed by atoms with Crippen LogP contribution >= 0.6 is 11.8 Å². The molecule has 1 aromatic rings. The quantitative estimate of drug-likeness (QED) is 0.0946. The molecule has 1 saturated heterocycles. The first-order valence-electron chi connectivity index (χ1n) is 11.3. The number of β-lactam (4-membered cyclic amide) rings is 1. The Hall–Kier alpha value is -4.93. The van der Waals surface area contributed by atoms with E-state index in [9.17, 15) is 39.4 Å². The number of nitrogens with zero attached hydrogens (tertiary/aromatic N) is 3. The largest absolute Gasteiger partial charge is 0.515 e.